The van der Waals surface area contributed by atoms with Crippen LogP contribution in [0, 0.1) is 12.8 Å². The van der Waals surface area contributed by atoms with Crippen molar-refractivity contribution in [2.45, 2.75) is 52.5 Å². The fourth-order valence-corrected chi connectivity index (χ4v) is 2.68. The van der Waals surface area contributed by atoms with Crippen molar-refractivity contribution in [3.05, 3.63) is 23.2 Å². The zero-order chi connectivity index (χ0) is 15.6. The van der Waals surface area contributed by atoms with Crippen molar-refractivity contribution < 1.29 is 19.1 Å². The molecule has 0 unspecified atom stereocenters. The van der Waals surface area contributed by atoms with E-state index in [0.717, 1.165) is 6.54 Å². The molecule has 0 aliphatic heterocycles. The summed E-state index contributed by atoms with van der Waals surface area (Å²) in [5.74, 6) is -0.274. The molecule has 1 aromatic heterocycles. The maximum Gasteiger partial charge on any atom is 0.311 e. The van der Waals surface area contributed by atoms with Gasteiger partial charge in [-0.25, -0.2) is 0 Å². The van der Waals surface area contributed by atoms with Crippen molar-refractivity contribution in [2.75, 3.05) is 6.54 Å². The van der Waals surface area contributed by atoms with Crippen molar-refractivity contribution in [1.29, 1.82) is 0 Å². The molecule has 5 heteroatoms. The molecule has 0 radical (unpaired) electrons. The van der Waals surface area contributed by atoms with E-state index in [-0.39, 0.29) is 24.1 Å². The smallest absolute Gasteiger partial charge is 0.311 e. The Morgan fingerprint density at radius 2 is 2.10 bits per heavy atom. The van der Waals surface area contributed by atoms with Gasteiger partial charge in [-0.3, -0.25) is 9.59 Å². The van der Waals surface area contributed by atoms with E-state index in [1.165, 1.54) is 25.5 Å². The topological polar surface area (TPSA) is 70.7 Å². The molecule has 5 nitrogen and oxygen atoms in total. The number of nitrogens with zero attached hydrogens (tertiary/aromatic N) is 1. The lowest BCUT2D eigenvalue weighted by Crippen LogP contribution is -2.42. The number of rotatable bonds is 6. The highest BCUT2D eigenvalue weighted by Gasteiger charge is 2.29. The predicted molar refractivity (Wildman–Crippen MR) is 78.3 cm³/mol. The summed E-state index contributed by atoms with van der Waals surface area (Å²) >= 11 is 0. The molecule has 1 aromatic rings. The Hall–Kier alpha value is -1.78. The minimum absolute atomic E-state index is 0.0880. The lowest BCUT2D eigenvalue weighted by Gasteiger charge is -2.35. The van der Waals surface area contributed by atoms with Gasteiger partial charge in [-0.1, -0.05) is 6.42 Å². The molecule has 1 aliphatic rings. The van der Waals surface area contributed by atoms with Crippen LogP contribution in [0.4, 0.5) is 0 Å². The molecule has 1 amide bonds. The Kier molecular flexibility index (Phi) is 4.70. The third-order valence-corrected chi connectivity index (χ3v) is 4.14. The Morgan fingerprint density at radius 3 is 2.57 bits per heavy atom. The minimum atomic E-state index is -0.992. The average molecular weight is 293 g/mol. The Labute approximate surface area is 124 Å². The Bertz CT molecular complexity index is 528. The standard InChI is InChI=1S/C16H23NO4/c1-10(2)17(8-12-5-4-6-12)16(20)15-11(3)9-21-13(15)7-14(18)19/h9-10,12H,4-8H2,1-3H3,(H,18,19). The van der Waals surface area contributed by atoms with E-state index >= 15 is 0 Å². The molecule has 1 saturated carbocycles. The van der Waals surface area contributed by atoms with Gasteiger partial charge in [0.25, 0.3) is 5.91 Å². The van der Waals surface area contributed by atoms with Gasteiger partial charge in [0.1, 0.15) is 12.2 Å². The molecule has 1 fully saturated rings. The van der Waals surface area contributed by atoms with Gasteiger partial charge in [-0.05, 0) is 39.5 Å². The second-order valence-corrected chi connectivity index (χ2v) is 6.14. The zero-order valence-electron chi connectivity index (χ0n) is 12.9. The maximum atomic E-state index is 12.8. The summed E-state index contributed by atoms with van der Waals surface area (Å²) in [6.45, 7) is 6.50. The molecule has 0 saturated heterocycles. The predicted octanol–water partition coefficient (Wildman–Crippen LogP) is 2.87. The third kappa shape index (κ3) is 3.46. The first-order chi connectivity index (χ1) is 9.90. The molecule has 1 aliphatic carbocycles. The van der Waals surface area contributed by atoms with Crippen LogP contribution in [0.1, 0.15) is 54.8 Å². The van der Waals surface area contributed by atoms with Crippen molar-refractivity contribution in [1.82, 2.24) is 4.90 Å². The molecule has 116 valence electrons. The van der Waals surface area contributed by atoms with Gasteiger partial charge in [0.2, 0.25) is 0 Å². The zero-order valence-corrected chi connectivity index (χ0v) is 12.9. The summed E-state index contributed by atoms with van der Waals surface area (Å²) in [6, 6.07) is 0.0880. The van der Waals surface area contributed by atoms with Crippen LogP contribution < -0.4 is 0 Å². The summed E-state index contributed by atoms with van der Waals surface area (Å²) < 4.78 is 5.27. The third-order valence-electron chi connectivity index (χ3n) is 4.14. The van der Waals surface area contributed by atoms with Gasteiger partial charge < -0.3 is 14.4 Å². The minimum Gasteiger partial charge on any atom is -0.481 e. The van der Waals surface area contributed by atoms with E-state index in [9.17, 15) is 9.59 Å². The van der Waals surface area contributed by atoms with E-state index in [1.807, 2.05) is 18.7 Å². The largest absolute Gasteiger partial charge is 0.481 e. The Morgan fingerprint density at radius 1 is 1.43 bits per heavy atom. The number of hydrogen-bond donors (Lipinski definition) is 1. The van der Waals surface area contributed by atoms with E-state index in [0.29, 0.717) is 17.0 Å². The summed E-state index contributed by atoms with van der Waals surface area (Å²) in [4.78, 5) is 25.6. The summed E-state index contributed by atoms with van der Waals surface area (Å²) in [6.07, 6.45) is 4.78. The van der Waals surface area contributed by atoms with E-state index in [1.54, 1.807) is 6.92 Å². The van der Waals surface area contributed by atoms with Gasteiger partial charge in [0, 0.05) is 18.2 Å². The van der Waals surface area contributed by atoms with Crippen molar-refractivity contribution >= 4 is 11.9 Å². The number of furan rings is 1. The van der Waals surface area contributed by atoms with Gasteiger partial charge >= 0.3 is 5.97 Å². The normalized spacial score (nSPS) is 15.0. The molecule has 1 heterocycles. The van der Waals surface area contributed by atoms with Crippen LogP contribution in [0.15, 0.2) is 10.7 Å². The van der Waals surface area contributed by atoms with E-state index in [4.69, 9.17) is 9.52 Å². The quantitative estimate of drug-likeness (QED) is 0.875. The second kappa shape index (κ2) is 6.33. The highest BCUT2D eigenvalue weighted by Crippen LogP contribution is 2.29. The van der Waals surface area contributed by atoms with Crippen LogP contribution in [0.5, 0.6) is 0 Å². The fourth-order valence-electron chi connectivity index (χ4n) is 2.68. The first kappa shape index (κ1) is 15.6. The molecule has 2 rings (SSSR count). The number of aliphatic carboxylic acids is 1. The van der Waals surface area contributed by atoms with Crippen LogP contribution in [0.25, 0.3) is 0 Å². The number of hydrogen-bond acceptors (Lipinski definition) is 3. The summed E-state index contributed by atoms with van der Waals surface area (Å²) in [7, 11) is 0. The van der Waals surface area contributed by atoms with Crippen LogP contribution >= 0.6 is 0 Å². The maximum absolute atomic E-state index is 12.8. The van der Waals surface area contributed by atoms with E-state index < -0.39 is 5.97 Å². The summed E-state index contributed by atoms with van der Waals surface area (Å²) in [5, 5.41) is 8.94. The molecule has 0 bridgehead atoms. The van der Waals surface area contributed by atoms with Crippen LogP contribution in [0.3, 0.4) is 0 Å². The van der Waals surface area contributed by atoms with Crippen LogP contribution in [0.2, 0.25) is 0 Å². The monoisotopic (exact) mass is 293 g/mol. The Balaban J connectivity index is 2.23. The van der Waals surface area contributed by atoms with Gasteiger partial charge in [-0.15, -0.1) is 0 Å². The highest BCUT2D eigenvalue weighted by atomic mass is 16.4. The molecule has 0 atom stereocenters. The first-order valence-corrected chi connectivity index (χ1v) is 7.49. The number of carboxylic acid groups (broad SMARTS) is 1. The van der Waals surface area contributed by atoms with Gasteiger partial charge in [-0.2, -0.15) is 0 Å². The van der Waals surface area contributed by atoms with Crippen molar-refractivity contribution in [3.63, 3.8) is 0 Å². The van der Waals surface area contributed by atoms with Crippen LogP contribution in [-0.2, 0) is 11.2 Å². The summed E-state index contributed by atoms with van der Waals surface area (Å²) in [5.41, 5.74) is 1.13. The van der Waals surface area contributed by atoms with E-state index in [2.05, 4.69) is 0 Å². The molecule has 0 aromatic carbocycles. The molecule has 1 N–H and O–H groups in total. The lowest BCUT2D eigenvalue weighted by atomic mass is 9.84. The number of carbonyl (C=O) groups is 2. The van der Waals surface area contributed by atoms with Gasteiger partial charge in [0.05, 0.1) is 11.8 Å². The average Bonchev–Trinajstić information content (AvgIpc) is 2.67. The molecular weight excluding hydrogens is 270 g/mol. The second-order valence-electron chi connectivity index (χ2n) is 6.14. The number of carbonyl (C=O) groups excluding carboxylic acids is 1. The lowest BCUT2D eigenvalue weighted by molar-refractivity contribution is -0.136. The fraction of sp³-hybridized carbons (Fsp3) is 0.625. The van der Waals surface area contributed by atoms with Crippen LogP contribution in [-0.4, -0.2) is 34.5 Å². The molecule has 21 heavy (non-hydrogen) atoms. The van der Waals surface area contributed by atoms with Gasteiger partial charge in [0.15, 0.2) is 0 Å². The highest BCUT2D eigenvalue weighted by molar-refractivity contribution is 5.97. The first-order valence-electron chi connectivity index (χ1n) is 7.49. The SMILES string of the molecule is Cc1coc(CC(=O)O)c1C(=O)N(CC1CCC1)C(C)C. The number of amides is 1. The molecule has 0 spiro atoms. The number of carboxylic acids is 1. The van der Waals surface area contributed by atoms with Crippen molar-refractivity contribution in [3.8, 4) is 0 Å². The molecular formula is C16H23NO4. The number of aryl methyl sites for hydroxylation is 1. The van der Waals surface area contributed by atoms with Crippen molar-refractivity contribution in [2.24, 2.45) is 5.92 Å².